The zero-order valence-electron chi connectivity index (χ0n) is 7.50. The van der Waals surface area contributed by atoms with Crippen molar-refractivity contribution in [2.24, 2.45) is 5.92 Å². The summed E-state index contributed by atoms with van der Waals surface area (Å²) < 4.78 is 1.50. The average Bonchev–Trinajstić information content (AvgIpc) is 2.31. The Balaban J connectivity index is 2.85. The number of anilines is 1. The van der Waals surface area contributed by atoms with Gasteiger partial charge in [-0.05, 0) is 17.3 Å². The van der Waals surface area contributed by atoms with Gasteiger partial charge in [0.05, 0.1) is 0 Å². The van der Waals surface area contributed by atoms with Crippen molar-refractivity contribution in [3.8, 4) is 0 Å². The van der Waals surface area contributed by atoms with Crippen LogP contribution in [0.2, 0.25) is 0 Å². The lowest BCUT2D eigenvalue weighted by Crippen LogP contribution is -2.17. The minimum atomic E-state index is 0.00745. The third kappa shape index (κ3) is 2.07. The van der Waals surface area contributed by atoms with Crippen molar-refractivity contribution >= 4 is 16.5 Å². The summed E-state index contributed by atoms with van der Waals surface area (Å²) in [5.74, 6) is 0.453. The average molecular weight is 187 g/mol. The molecule has 12 heavy (non-hydrogen) atoms. The third-order valence-electron chi connectivity index (χ3n) is 1.36. The molecule has 1 rings (SSSR count). The monoisotopic (exact) mass is 187 g/mol. The van der Waals surface area contributed by atoms with Gasteiger partial charge in [0.15, 0.2) is 0 Å². The molecule has 0 bridgehead atoms. The van der Waals surface area contributed by atoms with E-state index in [-0.39, 0.29) is 4.87 Å². The summed E-state index contributed by atoms with van der Waals surface area (Å²) >= 11 is 1.14. The van der Waals surface area contributed by atoms with Crippen LogP contribution < -0.4 is 10.2 Å². The zero-order valence-corrected chi connectivity index (χ0v) is 8.31. The highest BCUT2D eigenvalue weighted by molar-refractivity contribution is 7.12. The molecule has 4 nitrogen and oxygen atoms in total. The van der Waals surface area contributed by atoms with Crippen LogP contribution in [-0.4, -0.2) is 16.8 Å². The minimum absolute atomic E-state index is 0.00745. The molecule has 0 radical (unpaired) electrons. The molecule has 0 fully saturated rings. The molecule has 0 amide bonds. The largest absolute Gasteiger partial charge is 0.363 e. The van der Waals surface area contributed by atoms with Gasteiger partial charge in [-0.15, -0.1) is 5.10 Å². The van der Waals surface area contributed by atoms with E-state index in [0.717, 1.165) is 11.3 Å². The van der Waals surface area contributed by atoms with Crippen LogP contribution >= 0.6 is 11.3 Å². The van der Waals surface area contributed by atoms with E-state index in [9.17, 15) is 4.79 Å². The molecule has 0 aliphatic heterocycles. The van der Waals surface area contributed by atoms with Crippen LogP contribution in [0.25, 0.3) is 0 Å². The Labute approximate surface area is 75.2 Å². The molecule has 1 aromatic rings. The minimum Gasteiger partial charge on any atom is -0.363 e. The molecule has 5 heteroatoms. The molecule has 1 heterocycles. The van der Waals surface area contributed by atoms with Crippen LogP contribution in [0.1, 0.15) is 13.8 Å². The predicted molar refractivity (Wildman–Crippen MR) is 50.8 cm³/mol. The Morgan fingerprint density at radius 3 is 2.75 bits per heavy atom. The Hall–Kier alpha value is -0.840. The van der Waals surface area contributed by atoms with E-state index in [0.29, 0.717) is 17.6 Å². The molecule has 68 valence electrons. The number of aromatic nitrogens is 2. The Morgan fingerprint density at radius 1 is 1.67 bits per heavy atom. The fourth-order valence-corrected chi connectivity index (χ4v) is 1.50. The maximum Gasteiger partial charge on any atom is 0.326 e. The van der Waals surface area contributed by atoms with Crippen LogP contribution in [-0.2, 0) is 6.54 Å². The molecule has 0 aliphatic carbocycles. The van der Waals surface area contributed by atoms with Gasteiger partial charge in [0.2, 0.25) is 5.13 Å². The van der Waals surface area contributed by atoms with Crippen molar-refractivity contribution in [1.82, 2.24) is 9.78 Å². The van der Waals surface area contributed by atoms with Crippen LogP contribution in [0.4, 0.5) is 5.13 Å². The van der Waals surface area contributed by atoms with E-state index >= 15 is 0 Å². The summed E-state index contributed by atoms with van der Waals surface area (Å²) in [5.41, 5.74) is 0. The number of hydrogen-bond acceptors (Lipinski definition) is 4. The van der Waals surface area contributed by atoms with Gasteiger partial charge in [-0.3, -0.25) is 4.79 Å². The first-order valence-electron chi connectivity index (χ1n) is 3.89. The molecule has 0 saturated heterocycles. The van der Waals surface area contributed by atoms with Crippen molar-refractivity contribution in [2.45, 2.75) is 20.4 Å². The summed E-state index contributed by atoms with van der Waals surface area (Å²) in [4.78, 5) is 11.2. The number of nitrogens with one attached hydrogen (secondary N) is 1. The van der Waals surface area contributed by atoms with Gasteiger partial charge in [0.25, 0.3) is 0 Å². The second kappa shape index (κ2) is 3.71. The van der Waals surface area contributed by atoms with Crippen molar-refractivity contribution in [3.63, 3.8) is 0 Å². The van der Waals surface area contributed by atoms with Gasteiger partial charge in [0, 0.05) is 13.6 Å². The first kappa shape index (κ1) is 9.25. The van der Waals surface area contributed by atoms with Crippen molar-refractivity contribution in [3.05, 3.63) is 9.67 Å². The lowest BCUT2D eigenvalue weighted by atomic mass is 10.2. The smallest absolute Gasteiger partial charge is 0.326 e. The summed E-state index contributed by atoms with van der Waals surface area (Å²) in [6.45, 7) is 4.81. The quantitative estimate of drug-likeness (QED) is 0.768. The summed E-state index contributed by atoms with van der Waals surface area (Å²) in [6, 6.07) is 0. The van der Waals surface area contributed by atoms with Crippen molar-refractivity contribution in [1.29, 1.82) is 0 Å². The fourth-order valence-electron chi connectivity index (χ4n) is 0.869. The molecule has 0 aromatic carbocycles. The highest BCUT2D eigenvalue weighted by Gasteiger charge is 2.05. The zero-order chi connectivity index (χ0) is 9.14. The van der Waals surface area contributed by atoms with E-state index in [1.54, 1.807) is 7.05 Å². The maximum atomic E-state index is 11.2. The number of rotatable bonds is 3. The highest BCUT2D eigenvalue weighted by atomic mass is 32.1. The second-order valence-electron chi connectivity index (χ2n) is 3.00. The normalized spacial score (nSPS) is 10.7. The van der Waals surface area contributed by atoms with Gasteiger partial charge in [-0.1, -0.05) is 13.8 Å². The molecule has 1 N–H and O–H groups in total. The first-order valence-corrected chi connectivity index (χ1v) is 4.71. The SMILES string of the molecule is CNc1nn(CC(C)C)c(=O)s1. The topological polar surface area (TPSA) is 46.9 Å². The lowest BCUT2D eigenvalue weighted by Gasteiger charge is -2.01. The molecule has 0 atom stereocenters. The maximum absolute atomic E-state index is 11.2. The van der Waals surface area contributed by atoms with Gasteiger partial charge < -0.3 is 5.32 Å². The highest BCUT2D eigenvalue weighted by Crippen LogP contribution is 2.05. The molecular weight excluding hydrogens is 174 g/mol. The molecule has 1 aromatic heterocycles. The van der Waals surface area contributed by atoms with E-state index in [2.05, 4.69) is 24.3 Å². The van der Waals surface area contributed by atoms with Gasteiger partial charge >= 0.3 is 4.87 Å². The van der Waals surface area contributed by atoms with Gasteiger partial charge in [-0.2, -0.15) is 0 Å². The van der Waals surface area contributed by atoms with Crippen LogP contribution in [0.15, 0.2) is 4.79 Å². The van der Waals surface area contributed by atoms with E-state index in [1.165, 1.54) is 4.68 Å². The van der Waals surface area contributed by atoms with Gasteiger partial charge in [0.1, 0.15) is 0 Å². The fraction of sp³-hybridized carbons (Fsp3) is 0.714. The third-order valence-corrected chi connectivity index (χ3v) is 2.22. The van der Waals surface area contributed by atoms with E-state index in [1.807, 2.05) is 0 Å². The molecule has 0 unspecified atom stereocenters. The van der Waals surface area contributed by atoms with Crippen LogP contribution in [0, 0.1) is 5.92 Å². The van der Waals surface area contributed by atoms with Crippen LogP contribution in [0.3, 0.4) is 0 Å². The summed E-state index contributed by atoms with van der Waals surface area (Å²) in [7, 11) is 1.76. The standard InChI is InChI=1S/C7H13N3OS/c1-5(2)4-10-7(11)12-6(8-3)9-10/h5H,4H2,1-3H3,(H,8,9). The lowest BCUT2D eigenvalue weighted by molar-refractivity contribution is 0.475. The Kier molecular flexibility index (Phi) is 2.86. The molecule has 0 saturated carbocycles. The Bertz CT molecular complexity index is 302. The van der Waals surface area contributed by atoms with E-state index in [4.69, 9.17) is 0 Å². The molecule has 0 spiro atoms. The van der Waals surface area contributed by atoms with Crippen molar-refractivity contribution < 1.29 is 0 Å². The number of hydrogen-bond donors (Lipinski definition) is 1. The molecule has 0 aliphatic rings. The number of nitrogens with zero attached hydrogens (tertiary/aromatic N) is 2. The predicted octanol–water partition coefficient (Wildman–Crippen LogP) is 1.00. The first-order chi connectivity index (χ1) is 5.63. The Morgan fingerprint density at radius 2 is 2.33 bits per heavy atom. The molecular formula is C7H13N3OS. The van der Waals surface area contributed by atoms with Crippen molar-refractivity contribution in [2.75, 3.05) is 12.4 Å². The summed E-state index contributed by atoms with van der Waals surface area (Å²) in [6.07, 6.45) is 0. The van der Waals surface area contributed by atoms with E-state index < -0.39 is 0 Å². The second-order valence-corrected chi connectivity index (χ2v) is 3.94. The van der Waals surface area contributed by atoms with Crippen LogP contribution in [0.5, 0.6) is 0 Å². The van der Waals surface area contributed by atoms with Gasteiger partial charge in [-0.25, -0.2) is 4.68 Å². The summed E-state index contributed by atoms with van der Waals surface area (Å²) in [5, 5.41) is 7.61.